The molecule has 0 bridgehead atoms. The Kier molecular flexibility index (Phi) is 6.65. The number of para-hydroxylation sites is 1. The summed E-state index contributed by atoms with van der Waals surface area (Å²) < 4.78 is 0. The minimum absolute atomic E-state index is 0. The number of hydrogen-bond donors (Lipinski definition) is 0. The highest BCUT2D eigenvalue weighted by Crippen LogP contribution is 2.26. The van der Waals surface area contributed by atoms with E-state index in [4.69, 9.17) is 0 Å². The second-order valence-corrected chi connectivity index (χ2v) is 4.66. The smallest absolute Gasteiger partial charge is 0.0723 e. The molecule has 0 aliphatic carbocycles. The van der Waals surface area contributed by atoms with Crippen molar-refractivity contribution in [3.8, 4) is 0 Å². The third kappa shape index (κ3) is 4.35. The number of thioether (sulfide) groups is 1. The summed E-state index contributed by atoms with van der Waals surface area (Å²) in [6.07, 6.45) is 4.00. The monoisotopic (exact) mass is 360 g/mol. The predicted octanol–water partition coefficient (Wildman–Crippen LogP) is 3.92. The number of aliphatic imine (C=N–C) groups is 1. The van der Waals surface area contributed by atoms with E-state index < -0.39 is 0 Å². The van der Waals surface area contributed by atoms with E-state index in [1.54, 1.807) is 0 Å². The van der Waals surface area contributed by atoms with Crippen LogP contribution >= 0.6 is 35.7 Å². The number of benzene rings is 1. The molecular formula is C13H17IN2S. The zero-order chi connectivity index (χ0) is 11.2. The van der Waals surface area contributed by atoms with Gasteiger partial charge in [0.25, 0.3) is 0 Å². The molecule has 0 saturated carbocycles. The first-order chi connectivity index (χ1) is 7.90. The maximum absolute atomic E-state index is 4.40. The summed E-state index contributed by atoms with van der Waals surface area (Å²) in [5.41, 5.74) is 1.00. The van der Waals surface area contributed by atoms with E-state index in [2.05, 4.69) is 22.9 Å². The molecule has 0 aromatic heterocycles. The molecule has 0 N–H and O–H groups in total. The number of halogens is 1. The molecule has 1 aromatic rings. The molecule has 2 nitrogen and oxygen atoms in total. The summed E-state index contributed by atoms with van der Waals surface area (Å²) in [6, 6.07) is 10.0. The van der Waals surface area contributed by atoms with E-state index in [1.165, 1.54) is 10.8 Å². The molecule has 1 saturated heterocycles. The van der Waals surface area contributed by atoms with Crippen LogP contribution in [0.3, 0.4) is 0 Å². The van der Waals surface area contributed by atoms with Gasteiger partial charge in [-0.2, -0.15) is 0 Å². The molecule has 92 valence electrons. The van der Waals surface area contributed by atoms with Gasteiger partial charge in [0.15, 0.2) is 0 Å². The first-order valence-electron chi connectivity index (χ1n) is 5.57. The highest BCUT2D eigenvalue weighted by atomic mass is 127. The third-order valence-electron chi connectivity index (χ3n) is 2.50. The SMILES string of the molecule is CCN1CCS/C1=C/C=Nc1ccccc1.I. The maximum atomic E-state index is 4.40. The Morgan fingerprint density at radius 2 is 2.12 bits per heavy atom. The van der Waals surface area contributed by atoms with Crippen LogP contribution < -0.4 is 0 Å². The van der Waals surface area contributed by atoms with Crippen molar-refractivity contribution in [2.75, 3.05) is 18.8 Å². The standard InChI is InChI=1S/C13H16N2S.HI/c1-2-15-10-11-16-13(15)8-9-14-12-6-4-3-5-7-12;/h3-9H,2,10-11H2,1H3;1H/b13-8+,14-9?;. The fraction of sp³-hybridized carbons (Fsp3) is 0.308. The number of rotatable bonds is 3. The van der Waals surface area contributed by atoms with Crippen molar-refractivity contribution in [2.24, 2.45) is 4.99 Å². The Bertz CT molecular complexity index is 390. The van der Waals surface area contributed by atoms with E-state index in [-0.39, 0.29) is 24.0 Å². The Balaban J connectivity index is 0.00000144. The van der Waals surface area contributed by atoms with E-state index in [9.17, 15) is 0 Å². The minimum Gasteiger partial charge on any atom is -0.366 e. The van der Waals surface area contributed by atoms with Crippen LogP contribution in [0.25, 0.3) is 0 Å². The van der Waals surface area contributed by atoms with Crippen LogP contribution in [0.15, 0.2) is 46.4 Å². The van der Waals surface area contributed by atoms with Gasteiger partial charge in [-0.15, -0.1) is 35.7 Å². The Hall–Kier alpha value is -0.490. The quantitative estimate of drug-likeness (QED) is 0.600. The van der Waals surface area contributed by atoms with Gasteiger partial charge in [0.2, 0.25) is 0 Å². The highest BCUT2D eigenvalue weighted by Gasteiger charge is 2.14. The molecule has 1 aromatic carbocycles. The van der Waals surface area contributed by atoms with Crippen molar-refractivity contribution in [1.82, 2.24) is 4.90 Å². The number of hydrogen-bond acceptors (Lipinski definition) is 3. The molecule has 0 atom stereocenters. The van der Waals surface area contributed by atoms with Gasteiger partial charge in [0, 0.05) is 25.1 Å². The number of nitrogens with zero attached hydrogens (tertiary/aromatic N) is 2. The average Bonchev–Trinajstić information content (AvgIpc) is 2.78. The van der Waals surface area contributed by atoms with Crippen molar-refractivity contribution in [1.29, 1.82) is 0 Å². The van der Waals surface area contributed by atoms with Crippen LogP contribution in [0.4, 0.5) is 5.69 Å². The van der Waals surface area contributed by atoms with E-state index >= 15 is 0 Å². The normalized spacial score (nSPS) is 17.7. The van der Waals surface area contributed by atoms with Crippen LogP contribution in [-0.2, 0) is 0 Å². The van der Waals surface area contributed by atoms with Crippen molar-refractivity contribution < 1.29 is 0 Å². The summed E-state index contributed by atoms with van der Waals surface area (Å²) in [5, 5.41) is 1.34. The van der Waals surface area contributed by atoms with Crippen LogP contribution in [0.2, 0.25) is 0 Å². The average molecular weight is 360 g/mol. The molecule has 1 aliphatic rings. The molecule has 1 fully saturated rings. The Labute approximate surface area is 124 Å². The van der Waals surface area contributed by atoms with E-state index in [1.807, 2.05) is 48.3 Å². The van der Waals surface area contributed by atoms with Gasteiger partial charge in [-0.1, -0.05) is 18.2 Å². The van der Waals surface area contributed by atoms with Gasteiger partial charge in [-0.3, -0.25) is 4.99 Å². The van der Waals surface area contributed by atoms with Crippen molar-refractivity contribution in [3.05, 3.63) is 41.4 Å². The third-order valence-corrected chi connectivity index (χ3v) is 3.58. The second-order valence-electron chi connectivity index (χ2n) is 3.55. The first-order valence-corrected chi connectivity index (χ1v) is 6.56. The van der Waals surface area contributed by atoms with E-state index in [0.29, 0.717) is 0 Å². The first kappa shape index (κ1) is 14.6. The molecule has 0 spiro atoms. The number of allylic oxidation sites excluding steroid dienone is 1. The van der Waals surface area contributed by atoms with Crippen LogP contribution in [0.5, 0.6) is 0 Å². The van der Waals surface area contributed by atoms with Gasteiger partial charge >= 0.3 is 0 Å². The Morgan fingerprint density at radius 3 is 2.82 bits per heavy atom. The Morgan fingerprint density at radius 1 is 1.35 bits per heavy atom. The molecule has 0 amide bonds. The van der Waals surface area contributed by atoms with Crippen LogP contribution in [0.1, 0.15) is 6.92 Å². The predicted molar refractivity (Wildman–Crippen MR) is 87.8 cm³/mol. The lowest BCUT2D eigenvalue weighted by atomic mass is 10.3. The van der Waals surface area contributed by atoms with Gasteiger partial charge in [0.05, 0.1) is 10.7 Å². The van der Waals surface area contributed by atoms with E-state index in [0.717, 1.165) is 18.8 Å². The minimum atomic E-state index is 0. The lowest BCUT2D eigenvalue weighted by Crippen LogP contribution is -2.17. The van der Waals surface area contributed by atoms with Gasteiger partial charge < -0.3 is 4.90 Å². The summed E-state index contributed by atoms with van der Waals surface area (Å²) >= 11 is 1.91. The molecule has 4 heteroatoms. The van der Waals surface area contributed by atoms with Crippen LogP contribution in [0, 0.1) is 0 Å². The summed E-state index contributed by atoms with van der Waals surface area (Å²) in [4.78, 5) is 6.77. The molecule has 17 heavy (non-hydrogen) atoms. The fourth-order valence-corrected chi connectivity index (χ4v) is 2.71. The van der Waals surface area contributed by atoms with Gasteiger partial charge in [-0.25, -0.2) is 0 Å². The summed E-state index contributed by atoms with van der Waals surface area (Å²) in [5.74, 6) is 1.19. The largest absolute Gasteiger partial charge is 0.366 e. The van der Waals surface area contributed by atoms with Crippen molar-refractivity contribution in [3.63, 3.8) is 0 Å². The zero-order valence-corrected chi connectivity index (χ0v) is 13.0. The van der Waals surface area contributed by atoms with Crippen LogP contribution in [-0.4, -0.2) is 30.0 Å². The lowest BCUT2D eigenvalue weighted by Gasteiger charge is -2.14. The molecule has 0 unspecified atom stereocenters. The van der Waals surface area contributed by atoms with Crippen molar-refractivity contribution >= 4 is 47.6 Å². The highest BCUT2D eigenvalue weighted by molar-refractivity contribution is 14.0. The topological polar surface area (TPSA) is 15.6 Å². The molecular weight excluding hydrogens is 343 g/mol. The molecule has 1 heterocycles. The lowest BCUT2D eigenvalue weighted by molar-refractivity contribution is 0.426. The molecule has 1 aliphatic heterocycles. The van der Waals surface area contributed by atoms with Crippen molar-refractivity contribution in [2.45, 2.75) is 6.92 Å². The molecule has 0 radical (unpaired) electrons. The second kappa shape index (κ2) is 7.76. The summed E-state index contributed by atoms with van der Waals surface area (Å²) in [7, 11) is 0. The summed E-state index contributed by atoms with van der Waals surface area (Å²) in [6.45, 7) is 4.43. The fourth-order valence-electron chi connectivity index (χ4n) is 1.63. The van der Waals surface area contributed by atoms with Gasteiger partial charge in [0.1, 0.15) is 0 Å². The maximum Gasteiger partial charge on any atom is 0.0723 e. The zero-order valence-electron chi connectivity index (χ0n) is 9.87. The van der Waals surface area contributed by atoms with Gasteiger partial charge in [-0.05, 0) is 25.1 Å². The molecule has 2 rings (SSSR count).